The topological polar surface area (TPSA) is 12.9 Å². The fraction of sp³-hybridized carbons (Fsp3) is 0. The molecule has 3 rings (SSSR count). The third-order valence-corrected chi connectivity index (χ3v) is 3.33. The van der Waals surface area contributed by atoms with E-state index in [0.717, 1.165) is 20.9 Å². The predicted octanol–water partition coefficient (Wildman–Crippen LogP) is 4.80. The molecule has 0 aliphatic rings. The summed E-state index contributed by atoms with van der Waals surface area (Å²) in [5.41, 5.74) is 2.27. The number of benzene rings is 2. The Kier molecular flexibility index (Phi) is 2.84. The second kappa shape index (κ2) is 4.50. The molecule has 3 aromatic rings. The molecule has 0 atom stereocenters. The van der Waals surface area contributed by atoms with Gasteiger partial charge in [-0.3, -0.25) is 4.98 Å². The van der Waals surface area contributed by atoms with Crippen LogP contribution in [0.15, 0.2) is 59.2 Å². The molecular formula is C15H9BrFN. The van der Waals surface area contributed by atoms with Gasteiger partial charge in [0.25, 0.3) is 0 Å². The first-order chi connectivity index (χ1) is 8.74. The monoisotopic (exact) mass is 301 g/mol. The Labute approximate surface area is 112 Å². The zero-order valence-electron chi connectivity index (χ0n) is 9.40. The Morgan fingerprint density at radius 1 is 1.00 bits per heavy atom. The van der Waals surface area contributed by atoms with E-state index in [0.29, 0.717) is 5.56 Å². The number of nitrogens with zero attached hydrogens (tertiary/aromatic N) is 1. The van der Waals surface area contributed by atoms with Gasteiger partial charge in [-0.1, -0.05) is 40.2 Å². The van der Waals surface area contributed by atoms with Crippen molar-refractivity contribution in [2.24, 2.45) is 0 Å². The van der Waals surface area contributed by atoms with Crippen molar-refractivity contribution in [1.29, 1.82) is 0 Å². The smallest absolute Gasteiger partial charge is 0.132 e. The van der Waals surface area contributed by atoms with Gasteiger partial charge in [-0.05, 0) is 24.3 Å². The van der Waals surface area contributed by atoms with Crippen LogP contribution in [0.25, 0.3) is 22.0 Å². The molecule has 0 saturated carbocycles. The highest BCUT2D eigenvalue weighted by Crippen LogP contribution is 2.27. The molecule has 0 N–H and O–H groups in total. The van der Waals surface area contributed by atoms with Crippen molar-refractivity contribution in [2.45, 2.75) is 0 Å². The summed E-state index contributed by atoms with van der Waals surface area (Å²) < 4.78 is 14.6. The van der Waals surface area contributed by atoms with Crippen LogP contribution in [0.1, 0.15) is 0 Å². The van der Waals surface area contributed by atoms with Crippen LogP contribution in [0.4, 0.5) is 4.39 Å². The summed E-state index contributed by atoms with van der Waals surface area (Å²) in [6.45, 7) is 0. The number of aromatic nitrogens is 1. The zero-order chi connectivity index (χ0) is 12.5. The van der Waals surface area contributed by atoms with E-state index in [1.165, 1.54) is 6.07 Å². The highest BCUT2D eigenvalue weighted by molar-refractivity contribution is 9.10. The molecule has 18 heavy (non-hydrogen) atoms. The van der Waals surface area contributed by atoms with Crippen molar-refractivity contribution in [2.75, 3.05) is 0 Å². The summed E-state index contributed by atoms with van der Waals surface area (Å²) in [6.07, 6.45) is 1.70. The van der Waals surface area contributed by atoms with Crippen molar-refractivity contribution in [1.82, 2.24) is 4.98 Å². The Bertz CT molecular complexity index is 725. The molecule has 0 saturated heterocycles. The molecule has 0 amide bonds. The third-order valence-electron chi connectivity index (χ3n) is 2.83. The summed E-state index contributed by atoms with van der Waals surface area (Å²) in [5, 5.41) is 1.01. The SMILES string of the molecule is Fc1cc(Br)ccc1-c1cnc2ccccc2c1. The molecule has 1 nitrogen and oxygen atoms in total. The van der Waals surface area contributed by atoms with Gasteiger partial charge >= 0.3 is 0 Å². The number of halogens is 2. The van der Waals surface area contributed by atoms with E-state index >= 15 is 0 Å². The summed E-state index contributed by atoms with van der Waals surface area (Å²) in [5.74, 6) is -0.249. The Morgan fingerprint density at radius 3 is 2.67 bits per heavy atom. The molecular weight excluding hydrogens is 293 g/mol. The largest absolute Gasteiger partial charge is 0.256 e. The maximum atomic E-state index is 13.9. The Morgan fingerprint density at radius 2 is 1.83 bits per heavy atom. The van der Waals surface area contributed by atoms with E-state index in [1.54, 1.807) is 12.3 Å². The average Bonchev–Trinajstić information content (AvgIpc) is 2.38. The Hall–Kier alpha value is -1.74. The summed E-state index contributed by atoms with van der Waals surface area (Å²) >= 11 is 3.25. The van der Waals surface area contributed by atoms with Crippen molar-refractivity contribution in [3.63, 3.8) is 0 Å². The minimum Gasteiger partial charge on any atom is -0.256 e. The Balaban J connectivity index is 2.19. The molecule has 88 valence electrons. The quantitative estimate of drug-likeness (QED) is 0.629. The third kappa shape index (κ3) is 2.02. The molecule has 0 radical (unpaired) electrons. The lowest BCUT2D eigenvalue weighted by Gasteiger charge is -2.05. The van der Waals surface area contributed by atoms with Gasteiger partial charge in [0.15, 0.2) is 0 Å². The number of hydrogen-bond donors (Lipinski definition) is 0. The lowest BCUT2D eigenvalue weighted by atomic mass is 10.1. The fourth-order valence-corrected chi connectivity index (χ4v) is 2.28. The zero-order valence-corrected chi connectivity index (χ0v) is 11.0. The number of hydrogen-bond acceptors (Lipinski definition) is 1. The van der Waals surface area contributed by atoms with Gasteiger partial charge in [0.2, 0.25) is 0 Å². The average molecular weight is 302 g/mol. The van der Waals surface area contributed by atoms with Crippen LogP contribution in [0, 0.1) is 5.82 Å². The second-order valence-electron chi connectivity index (χ2n) is 4.04. The predicted molar refractivity (Wildman–Crippen MR) is 74.8 cm³/mol. The molecule has 0 spiro atoms. The summed E-state index contributed by atoms with van der Waals surface area (Å²) in [4.78, 5) is 4.34. The van der Waals surface area contributed by atoms with Crippen LogP contribution < -0.4 is 0 Å². The van der Waals surface area contributed by atoms with Crippen molar-refractivity contribution in [3.8, 4) is 11.1 Å². The number of para-hydroxylation sites is 1. The highest BCUT2D eigenvalue weighted by atomic mass is 79.9. The maximum Gasteiger partial charge on any atom is 0.132 e. The molecule has 3 heteroatoms. The van der Waals surface area contributed by atoms with Gasteiger partial charge in [0.1, 0.15) is 5.82 Å². The number of pyridine rings is 1. The van der Waals surface area contributed by atoms with Crippen molar-refractivity contribution in [3.05, 3.63) is 65.0 Å². The van der Waals surface area contributed by atoms with E-state index in [2.05, 4.69) is 20.9 Å². The fourth-order valence-electron chi connectivity index (χ4n) is 1.94. The van der Waals surface area contributed by atoms with Crippen LogP contribution in [0.3, 0.4) is 0 Å². The summed E-state index contributed by atoms with van der Waals surface area (Å²) in [7, 11) is 0. The van der Waals surface area contributed by atoms with Crippen molar-refractivity contribution >= 4 is 26.8 Å². The second-order valence-corrected chi connectivity index (χ2v) is 4.96. The van der Waals surface area contributed by atoms with Gasteiger partial charge in [-0.25, -0.2) is 4.39 Å². The molecule has 0 unspecified atom stereocenters. The van der Waals surface area contributed by atoms with Crippen LogP contribution in [-0.4, -0.2) is 4.98 Å². The lowest BCUT2D eigenvalue weighted by Crippen LogP contribution is -1.86. The van der Waals surface area contributed by atoms with Crippen LogP contribution in [-0.2, 0) is 0 Å². The van der Waals surface area contributed by atoms with E-state index in [9.17, 15) is 4.39 Å². The first kappa shape index (κ1) is 11.4. The van der Waals surface area contributed by atoms with Crippen LogP contribution in [0.2, 0.25) is 0 Å². The normalized spacial score (nSPS) is 10.8. The molecule has 2 aromatic carbocycles. The molecule has 0 fully saturated rings. The molecule has 0 aliphatic carbocycles. The highest BCUT2D eigenvalue weighted by Gasteiger charge is 2.06. The van der Waals surface area contributed by atoms with Crippen LogP contribution >= 0.6 is 15.9 Å². The van der Waals surface area contributed by atoms with Gasteiger partial charge in [-0.15, -0.1) is 0 Å². The minimum absolute atomic E-state index is 0.249. The molecule has 1 heterocycles. The van der Waals surface area contributed by atoms with E-state index < -0.39 is 0 Å². The summed E-state index contributed by atoms with van der Waals surface area (Å²) in [6, 6.07) is 14.8. The van der Waals surface area contributed by atoms with Gasteiger partial charge in [0, 0.05) is 27.2 Å². The lowest BCUT2D eigenvalue weighted by molar-refractivity contribution is 0.630. The van der Waals surface area contributed by atoms with Crippen LogP contribution in [0.5, 0.6) is 0 Å². The standard InChI is InChI=1S/C15H9BrFN/c16-12-5-6-13(14(17)8-12)11-7-10-3-1-2-4-15(10)18-9-11/h1-9H. The van der Waals surface area contributed by atoms with Gasteiger partial charge in [0.05, 0.1) is 5.52 Å². The number of fused-ring (bicyclic) bond motifs is 1. The molecule has 1 aromatic heterocycles. The molecule has 0 bridgehead atoms. The van der Waals surface area contributed by atoms with E-state index in [-0.39, 0.29) is 5.82 Å². The first-order valence-corrected chi connectivity index (χ1v) is 6.33. The van der Waals surface area contributed by atoms with E-state index in [4.69, 9.17) is 0 Å². The van der Waals surface area contributed by atoms with Gasteiger partial charge in [-0.2, -0.15) is 0 Å². The molecule has 0 aliphatic heterocycles. The first-order valence-electron chi connectivity index (χ1n) is 5.54. The van der Waals surface area contributed by atoms with Gasteiger partial charge < -0.3 is 0 Å². The minimum atomic E-state index is -0.249. The van der Waals surface area contributed by atoms with E-state index in [1.807, 2.05) is 36.4 Å². The number of rotatable bonds is 1. The maximum absolute atomic E-state index is 13.9. The van der Waals surface area contributed by atoms with Crippen molar-refractivity contribution < 1.29 is 4.39 Å².